The standard InChI is InChI=1S/C29H30BrNO4/c1-2-35-25-17-19(16-20(30)29(25)34)26-27-21(10-6-12-23(27)32)31(15-14-18-8-4-3-5-9-18)22-11-7-13-24(33)28(22)26/h3-5,8-9,16-17,26,34H,2,6-7,10-15H2,1H3. The monoisotopic (exact) mass is 535 g/mol. The third-order valence-electron chi connectivity index (χ3n) is 7.24. The molecular formula is C29H30BrNO4. The van der Waals surface area contributed by atoms with Crippen LogP contribution in [0.2, 0.25) is 0 Å². The average molecular weight is 536 g/mol. The third-order valence-corrected chi connectivity index (χ3v) is 7.84. The Hall–Kier alpha value is -2.86. The van der Waals surface area contributed by atoms with Crippen molar-refractivity contribution in [3.05, 3.63) is 80.6 Å². The number of rotatable bonds is 6. The van der Waals surface area contributed by atoms with E-state index in [9.17, 15) is 14.7 Å². The average Bonchev–Trinajstić information content (AvgIpc) is 2.86. The predicted molar refractivity (Wildman–Crippen MR) is 138 cm³/mol. The Kier molecular flexibility index (Phi) is 6.83. The highest BCUT2D eigenvalue weighted by molar-refractivity contribution is 9.10. The number of phenols is 1. The van der Waals surface area contributed by atoms with E-state index in [-0.39, 0.29) is 17.3 Å². The zero-order chi connectivity index (χ0) is 24.5. The summed E-state index contributed by atoms with van der Waals surface area (Å²) < 4.78 is 6.19. The first-order valence-electron chi connectivity index (χ1n) is 12.5. The smallest absolute Gasteiger partial charge is 0.172 e. The van der Waals surface area contributed by atoms with E-state index in [4.69, 9.17) is 4.74 Å². The number of aromatic hydroxyl groups is 1. The van der Waals surface area contributed by atoms with E-state index in [1.165, 1.54) is 5.56 Å². The Morgan fingerprint density at radius 1 is 0.971 bits per heavy atom. The van der Waals surface area contributed by atoms with Crippen LogP contribution in [0.1, 0.15) is 62.5 Å². The first kappa shape index (κ1) is 23.9. The molecule has 0 bridgehead atoms. The number of hydrogen-bond acceptors (Lipinski definition) is 5. The summed E-state index contributed by atoms with van der Waals surface area (Å²) in [5.74, 6) is 0.203. The maximum atomic E-state index is 13.5. The summed E-state index contributed by atoms with van der Waals surface area (Å²) in [5.41, 5.74) is 5.69. The molecule has 182 valence electrons. The van der Waals surface area contributed by atoms with Crippen molar-refractivity contribution < 1.29 is 19.4 Å². The molecule has 1 heterocycles. The van der Waals surface area contributed by atoms with Crippen molar-refractivity contribution in [3.63, 3.8) is 0 Å². The molecule has 5 nitrogen and oxygen atoms in total. The lowest BCUT2D eigenvalue weighted by Crippen LogP contribution is -2.40. The molecule has 0 amide bonds. The number of ether oxygens (including phenoxy) is 1. The van der Waals surface area contributed by atoms with Gasteiger partial charge in [0.05, 0.1) is 11.1 Å². The minimum absolute atomic E-state index is 0.0317. The van der Waals surface area contributed by atoms with Crippen LogP contribution in [0.25, 0.3) is 0 Å². The lowest BCUT2D eigenvalue weighted by molar-refractivity contribution is -0.117. The van der Waals surface area contributed by atoms with E-state index in [0.29, 0.717) is 29.7 Å². The minimum atomic E-state index is -0.426. The van der Waals surface area contributed by atoms with Crippen molar-refractivity contribution in [2.45, 2.75) is 57.8 Å². The summed E-state index contributed by atoms with van der Waals surface area (Å²) in [4.78, 5) is 29.2. The first-order chi connectivity index (χ1) is 17.0. The van der Waals surface area contributed by atoms with E-state index in [1.807, 2.05) is 31.2 Å². The van der Waals surface area contributed by atoms with E-state index < -0.39 is 5.92 Å². The second-order valence-electron chi connectivity index (χ2n) is 9.38. The Labute approximate surface area is 214 Å². The van der Waals surface area contributed by atoms with E-state index in [0.717, 1.165) is 66.8 Å². The molecule has 0 saturated heterocycles. The topological polar surface area (TPSA) is 66.8 Å². The molecule has 0 aromatic heterocycles. The molecule has 5 rings (SSSR count). The minimum Gasteiger partial charge on any atom is -0.503 e. The Morgan fingerprint density at radius 2 is 1.60 bits per heavy atom. The van der Waals surface area contributed by atoms with Gasteiger partial charge >= 0.3 is 0 Å². The van der Waals surface area contributed by atoms with Crippen LogP contribution in [0, 0.1) is 0 Å². The predicted octanol–water partition coefficient (Wildman–Crippen LogP) is 6.21. The molecule has 0 radical (unpaired) electrons. The molecule has 0 unspecified atom stereocenters. The maximum Gasteiger partial charge on any atom is 0.172 e. The van der Waals surface area contributed by atoms with Crippen molar-refractivity contribution in [1.29, 1.82) is 0 Å². The van der Waals surface area contributed by atoms with Crippen LogP contribution in [-0.2, 0) is 16.0 Å². The van der Waals surface area contributed by atoms with Gasteiger partial charge in [-0.05, 0) is 78.2 Å². The van der Waals surface area contributed by atoms with Gasteiger partial charge < -0.3 is 14.7 Å². The summed E-state index contributed by atoms with van der Waals surface area (Å²) in [6.07, 6.45) is 5.15. The van der Waals surface area contributed by atoms with Crippen molar-refractivity contribution in [2.24, 2.45) is 0 Å². The Balaban J connectivity index is 1.65. The van der Waals surface area contributed by atoms with Crippen LogP contribution >= 0.6 is 15.9 Å². The van der Waals surface area contributed by atoms with Crippen LogP contribution in [0.3, 0.4) is 0 Å². The van der Waals surface area contributed by atoms with Crippen LogP contribution < -0.4 is 4.74 Å². The fourth-order valence-electron chi connectivity index (χ4n) is 5.73. The van der Waals surface area contributed by atoms with Crippen molar-refractivity contribution >= 4 is 27.5 Å². The molecule has 2 aliphatic carbocycles. The number of halogens is 1. The molecule has 2 aromatic carbocycles. The van der Waals surface area contributed by atoms with Gasteiger partial charge in [-0.1, -0.05) is 30.3 Å². The summed E-state index contributed by atoms with van der Waals surface area (Å²) in [5, 5.41) is 10.5. The van der Waals surface area contributed by atoms with Gasteiger partial charge in [0, 0.05) is 47.8 Å². The SMILES string of the molecule is CCOc1cc(C2C3=C(CCCC3=O)N(CCc3ccccc3)C3=C2C(=O)CCC3)cc(Br)c1O. The summed E-state index contributed by atoms with van der Waals surface area (Å²) in [6.45, 7) is 3.02. The van der Waals surface area contributed by atoms with Gasteiger partial charge in [-0.2, -0.15) is 0 Å². The molecule has 1 aliphatic heterocycles. The zero-order valence-corrected chi connectivity index (χ0v) is 21.6. The Morgan fingerprint density at radius 3 is 2.20 bits per heavy atom. The highest BCUT2D eigenvalue weighted by atomic mass is 79.9. The number of hydrogen-bond donors (Lipinski definition) is 1. The number of carbonyl (C=O) groups is 2. The summed E-state index contributed by atoms with van der Waals surface area (Å²) >= 11 is 3.46. The number of phenolic OH excluding ortho intramolecular Hbond substituents is 1. The molecule has 35 heavy (non-hydrogen) atoms. The van der Waals surface area contributed by atoms with Gasteiger partial charge in [0.1, 0.15) is 0 Å². The van der Waals surface area contributed by atoms with Crippen LogP contribution in [0.15, 0.2) is 69.5 Å². The highest BCUT2D eigenvalue weighted by Gasteiger charge is 2.43. The Bertz CT molecular complexity index is 1190. The van der Waals surface area contributed by atoms with Gasteiger partial charge in [0.2, 0.25) is 0 Å². The molecule has 6 heteroatoms. The van der Waals surface area contributed by atoms with E-state index >= 15 is 0 Å². The number of Topliss-reactive ketones (excluding diaryl/α,β-unsaturated/α-hetero) is 2. The summed E-state index contributed by atoms with van der Waals surface area (Å²) in [6, 6.07) is 14.0. The van der Waals surface area contributed by atoms with Gasteiger partial charge in [-0.15, -0.1) is 0 Å². The quantitative estimate of drug-likeness (QED) is 0.476. The molecule has 2 aromatic rings. The third kappa shape index (κ3) is 4.44. The van der Waals surface area contributed by atoms with Gasteiger partial charge in [0.25, 0.3) is 0 Å². The number of carbonyl (C=O) groups excluding carboxylic acids is 2. The number of nitrogens with zero attached hydrogens (tertiary/aromatic N) is 1. The lowest BCUT2D eigenvalue weighted by Gasteiger charge is -2.44. The molecule has 0 atom stereocenters. The second-order valence-corrected chi connectivity index (χ2v) is 10.2. The molecule has 0 saturated carbocycles. The lowest BCUT2D eigenvalue weighted by atomic mass is 9.71. The van der Waals surface area contributed by atoms with Gasteiger partial charge in [-0.25, -0.2) is 0 Å². The van der Waals surface area contributed by atoms with Crippen LogP contribution in [-0.4, -0.2) is 34.7 Å². The normalized spacial score (nSPS) is 18.6. The number of benzene rings is 2. The van der Waals surface area contributed by atoms with Crippen LogP contribution in [0.5, 0.6) is 11.5 Å². The fraction of sp³-hybridized carbons (Fsp3) is 0.379. The van der Waals surface area contributed by atoms with Crippen molar-refractivity contribution in [1.82, 2.24) is 4.90 Å². The van der Waals surface area contributed by atoms with E-state index in [2.05, 4.69) is 33.0 Å². The number of allylic oxidation sites excluding steroid dienone is 4. The largest absolute Gasteiger partial charge is 0.503 e. The second kappa shape index (κ2) is 10.0. The first-order valence-corrected chi connectivity index (χ1v) is 13.3. The molecule has 0 fully saturated rings. The van der Waals surface area contributed by atoms with Crippen molar-refractivity contribution in [3.8, 4) is 11.5 Å². The van der Waals surface area contributed by atoms with E-state index in [1.54, 1.807) is 6.07 Å². The number of ketones is 2. The molecule has 3 aliphatic rings. The highest BCUT2D eigenvalue weighted by Crippen LogP contribution is 2.51. The molecule has 1 N–H and O–H groups in total. The maximum absolute atomic E-state index is 13.5. The summed E-state index contributed by atoms with van der Waals surface area (Å²) in [7, 11) is 0. The molecular weight excluding hydrogens is 506 g/mol. The van der Waals surface area contributed by atoms with Crippen LogP contribution in [0.4, 0.5) is 0 Å². The molecule has 0 spiro atoms. The zero-order valence-electron chi connectivity index (χ0n) is 20.0. The van der Waals surface area contributed by atoms with Gasteiger partial charge in [-0.3, -0.25) is 9.59 Å². The van der Waals surface area contributed by atoms with Gasteiger partial charge in [0.15, 0.2) is 23.1 Å². The fourth-order valence-corrected chi connectivity index (χ4v) is 6.19. The van der Waals surface area contributed by atoms with Crippen molar-refractivity contribution in [2.75, 3.05) is 13.2 Å².